The lowest BCUT2D eigenvalue weighted by molar-refractivity contribution is 0.0611. The predicted octanol–water partition coefficient (Wildman–Crippen LogP) is 1.53. The Hall–Kier alpha value is -1.59. The number of likely N-dealkylation sites (tertiary alicyclic amines) is 1. The highest BCUT2D eigenvalue weighted by Gasteiger charge is 2.33. The second kappa shape index (κ2) is 4.51. The molecule has 6 heteroatoms. The van der Waals surface area contributed by atoms with E-state index in [0.29, 0.717) is 38.1 Å². The molecule has 3 rings (SSSR count). The van der Waals surface area contributed by atoms with E-state index in [0.717, 1.165) is 6.42 Å². The maximum atomic E-state index is 14.1. The maximum Gasteiger partial charge on any atom is 0.277 e. The molecule has 0 N–H and O–H groups in total. The molecule has 2 aliphatic heterocycles. The Labute approximate surface area is 111 Å². The molecule has 0 aliphatic carbocycles. The smallest absolute Gasteiger partial charge is 0.277 e. The zero-order valence-corrected chi connectivity index (χ0v) is 11.2. The van der Waals surface area contributed by atoms with Crippen LogP contribution >= 0.6 is 0 Å². The molecule has 1 saturated heterocycles. The van der Waals surface area contributed by atoms with Crippen molar-refractivity contribution < 1.29 is 13.9 Å². The summed E-state index contributed by atoms with van der Waals surface area (Å²) in [6.07, 6.45) is 1.11. The number of nitrogens with zero attached hydrogens (tertiary/aromatic N) is 3. The monoisotopic (exact) mass is 267 g/mol. The zero-order valence-electron chi connectivity index (χ0n) is 11.2. The van der Waals surface area contributed by atoms with Crippen LogP contribution in [-0.2, 0) is 6.54 Å². The number of carbonyl (C=O) groups is 1. The summed E-state index contributed by atoms with van der Waals surface area (Å²) in [5.41, 5.74) is -0.101. The van der Waals surface area contributed by atoms with Crippen molar-refractivity contribution in [1.29, 1.82) is 0 Å². The average molecular weight is 267 g/mol. The van der Waals surface area contributed by atoms with Crippen LogP contribution in [0.15, 0.2) is 0 Å². The number of hydrogen-bond donors (Lipinski definition) is 0. The van der Waals surface area contributed by atoms with E-state index < -0.39 is 5.82 Å². The molecule has 2 aliphatic rings. The van der Waals surface area contributed by atoms with E-state index in [-0.39, 0.29) is 17.5 Å². The standard InChI is InChI=1S/C13H18FN3O2/c1-8-5-9(2)7-16(6-8)12(18)11-10(14)13-17(15-11)3-4-19-13/h8-9H,3-7H2,1-2H3. The fraction of sp³-hybridized carbons (Fsp3) is 0.692. The Morgan fingerprint density at radius 2 is 2.05 bits per heavy atom. The minimum atomic E-state index is -0.617. The highest BCUT2D eigenvalue weighted by atomic mass is 19.1. The van der Waals surface area contributed by atoms with E-state index in [9.17, 15) is 9.18 Å². The van der Waals surface area contributed by atoms with Gasteiger partial charge in [0.1, 0.15) is 6.61 Å². The molecule has 19 heavy (non-hydrogen) atoms. The molecule has 2 atom stereocenters. The summed E-state index contributed by atoms with van der Waals surface area (Å²) in [5, 5.41) is 4.04. The molecule has 1 amide bonds. The predicted molar refractivity (Wildman–Crippen MR) is 66.5 cm³/mol. The Kier molecular flexibility index (Phi) is 2.95. The molecule has 0 radical (unpaired) electrons. The van der Waals surface area contributed by atoms with Gasteiger partial charge in [-0.3, -0.25) is 4.79 Å². The lowest BCUT2D eigenvalue weighted by atomic mass is 9.92. The summed E-state index contributed by atoms with van der Waals surface area (Å²) >= 11 is 0. The molecule has 2 unspecified atom stereocenters. The third-order valence-electron chi connectivity index (χ3n) is 3.75. The average Bonchev–Trinajstić information content (AvgIpc) is 2.91. The number of rotatable bonds is 1. The maximum absolute atomic E-state index is 14.1. The molecular weight excluding hydrogens is 249 g/mol. The number of piperidine rings is 1. The first-order valence-corrected chi connectivity index (χ1v) is 6.74. The number of aromatic nitrogens is 2. The molecule has 1 aromatic rings. The van der Waals surface area contributed by atoms with Gasteiger partial charge in [-0.15, -0.1) is 0 Å². The quantitative estimate of drug-likeness (QED) is 0.775. The van der Waals surface area contributed by atoms with Gasteiger partial charge < -0.3 is 9.64 Å². The van der Waals surface area contributed by atoms with Crippen molar-refractivity contribution >= 4 is 5.91 Å². The minimum absolute atomic E-state index is 0.0986. The van der Waals surface area contributed by atoms with Gasteiger partial charge >= 0.3 is 0 Å². The molecule has 0 bridgehead atoms. The van der Waals surface area contributed by atoms with Crippen molar-refractivity contribution in [3.05, 3.63) is 11.5 Å². The Bertz CT molecular complexity index is 504. The van der Waals surface area contributed by atoms with Gasteiger partial charge in [0.2, 0.25) is 11.7 Å². The van der Waals surface area contributed by atoms with E-state index in [1.807, 2.05) is 0 Å². The third-order valence-corrected chi connectivity index (χ3v) is 3.75. The van der Waals surface area contributed by atoms with Crippen LogP contribution in [0.1, 0.15) is 30.8 Å². The molecule has 5 nitrogen and oxygen atoms in total. The second-order valence-electron chi connectivity index (χ2n) is 5.70. The highest BCUT2D eigenvalue weighted by Crippen LogP contribution is 2.27. The zero-order chi connectivity index (χ0) is 13.6. The molecule has 3 heterocycles. The van der Waals surface area contributed by atoms with Gasteiger partial charge in [0.15, 0.2) is 5.69 Å². The van der Waals surface area contributed by atoms with E-state index in [4.69, 9.17) is 4.74 Å². The molecule has 1 fully saturated rings. The first kappa shape index (κ1) is 12.4. The first-order valence-electron chi connectivity index (χ1n) is 6.74. The molecule has 1 aromatic heterocycles. The van der Waals surface area contributed by atoms with Crippen LogP contribution < -0.4 is 4.74 Å². The van der Waals surface area contributed by atoms with Gasteiger partial charge in [-0.05, 0) is 18.3 Å². The van der Waals surface area contributed by atoms with Crippen molar-refractivity contribution in [2.45, 2.75) is 26.8 Å². The fourth-order valence-electron chi connectivity index (χ4n) is 3.06. The second-order valence-corrected chi connectivity index (χ2v) is 5.70. The Morgan fingerprint density at radius 3 is 2.68 bits per heavy atom. The van der Waals surface area contributed by atoms with Gasteiger partial charge in [0.05, 0.1) is 6.54 Å². The van der Waals surface area contributed by atoms with Crippen molar-refractivity contribution in [2.75, 3.05) is 19.7 Å². The summed E-state index contributed by atoms with van der Waals surface area (Å²) in [7, 11) is 0. The number of fused-ring (bicyclic) bond motifs is 1. The highest BCUT2D eigenvalue weighted by molar-refractivity contribution is 5.93. The number of carbonyl (C=O) groups excluding carboxylic acids is 1. The van der Waals surface area contributed by atoms with Crippen LogP contribution in [0.2, 0.25) is 0 Å². The first-order chi connectivity index (χ1) is 9.06. The van der Waals surface area contributed by atoms with Gasteiger partial charge in [-0.1, -0.05) is 13.8 Å². The number of hydrogen-bond acceptors (Lipinski definition) is 3. The van der Waals surface area contributed by atoms with Gasteiger partial charge in [0.25, 0.3) is 5.91 Å². The SMILES string of the molecule is CC1CC(C)CN(C(=O)c2nn3c(c2F)OCC3)C1. The lowest BCUT2D eigenvalue weighted by Crippen LogP contribution is -2.43. The summed E-state index contributed by atoms with van der Waals surface area (Å²) in [6, 6.07) is 0. The third kappa shape index (κ3) is 2.09. The Balaban J connectivity index is 1.84. The van der Waals surface area contributed by atoms with Crippen LogP contribution in [0, 0.1) is 17.7 Å². The van der Waals surface area contributed by atoms with E-state index >= 15 is 0 Å². The summed E-state index contributed by atoms with van der Waals surface area (Å²) in [6.45, 7) is 6.50. The van der Waals surface area contributed by atoms with Gasteiger partial charge in [0, 0.05) is 13.1 Å². The van der Waals surface area contributed by atoms with Crippen molar-refractivity contribution in [2.24, 2.45) is 11.8 Å². The van der Waals surface area contributed by atoms with Crippen LogP contribution in [0.3, 0.4) is 0 Å². The molecular formula is C13H18FN3O2. The summed E-state index contributed by atoms with van der Waals surface area (Å²) in [4.78, 5) is 14.1. The largest absolute Gasteiger partial charge is 0.474 e. The van der Waals surface area contributed by atoms with Crippen LogP contribution in [0.5, 0.6) is 5.88 Å². The lowest BCUT2D eigenvalue weighted by Gasteiger charge is -2.34. The molecule has 0 saturated carbocycles. The molecule has 0 aromatic carbocycles. The number of halogens is 1. The van der Waals surface area contributed by atoms with Crippen LogP contribution in [0.4, 0.5) is 4.39 Å². The Morgan fingerprint density at radius 1 is 1.37 bits per heavy atom. The van der Waals surface area contributed by atoms with E-state index in [1.165, 1.54) is 4.68 Å². The molecule has 0 spiro atoms. The van der Waals surface area contributed by atoms with Gasteiger partial charge in [-0.25, -0.2) is 4.68 Å². The van der Waals surface area contributed by atoms with Crippen molar-refractivity contribution in [3.8, 4) is 5.88 Å². The van der Waals surface area contributed by atoms with Crippen LogP contribution in [0.25, 0.3) is 0 Å². The van der Waals surface area contributed by atoms with Gasteiger partial charge in [-0.2, -0.15) is 9.49 Å². The summed E-state index contributed by atoms with van der Waals surface area (Å²) in [5.74, 6) is 0.0548. The minimum Gasteiger partial charge on any atom is -0.474 e. The van der Waals surface area contributed by atoms with Crippen molar-refractivity contribution in [3.63, 3.8) is 0 Å². The van der Waals surface area contributed by atoms with E-state index in [1.54, 1.807) is 4.90 Å². The van der Waals surface area contributed by atoms with Crippen molar-refractivity contribution in [1.82, 2.24) is 14.7 Å². The number of ether oxygens (including phenoxy) is 1. The summed E-state index contributed by atoms with van der Waals surface area (Å²) < 4.78 is 20.7. The van der Waals surface area contributed by atoms with E-state index in [2.05, 4.69) is 18.9 Å². The topological polar surface area (TPSA) is 47.4 Å². The normalized spacial score (nSPS) is 26.2. The number of amides is 1. The fourth-order valence-corrected chi connectivity index (χ4v) is 3.06. The van der Waals surface area contributed by atoms with Crippen LogP contribution in [-0.4, -0.2) is 40.3 Å². The molecule has 104 valence electrons.